The second kappa shape index (κ2) is 6.65. The van der Waals surface area contributed by atoms with E-state index in [-0.39, 0.29) is 0 Å². The average Bonchev–Trinajstić information content (AvgIpc) is 3.22. The van der Waals surface area contributed by atoms with Crippen molar-refractivity contribution in [3.05, 3.63) is 40.9 Å². The van der Waals surface area contributed by atoms with Crippen LogP contribution in [0.15, 0.2) is 30.4 Å². The number of ether oxygens (including phenoxy) is 3. The van der Waals surface area contributed by atoms with Gasteiger partial charge in [0.25, 0.3) is 6.29 Å². The first-order chi connectivity index (χ1) is 14.0. The fourth-order valence-corrected chi connectivity index (χ4v) is 4.79. The Hall–Kier alpha value is -2.71. The topological polar surface area (TPSA) is 99.2 Å². The van der Waals surface area contributed by atoms with Crippen LogP contribution < -0.4 is 4.90 Å². The molecule has 8 nitrogen and oxygen atoms in total. The smallest absolute Gasteiger partial charge is 0.305 e. The van der Waals surface area contributed by atoms with Crippen molar-refractivity contribution in [2.45, 2.75) is 45.2 Å². The monoisotopic (exact) mass is 433 g/mol. The zero-order valence-corrected chi connectivity index (χ0v) is 17.6. The Balaban J connectivity index is 1.82. The van der Waals surface area contributed by atoms with Gasteiger partial charge >= 0.3 is 11.9 Å². The molecule has 0 N–H and O–H groups in total. The maximum Gasteiger partial charge on any atom is 0.305 e. The Morgan fingerprint density at radius 3 is 2.30 bits per heavy atom. The van der Waals surface area contributed by atoms with Crippen LogP contribution >= 0.6 is 11.6 Å². The van der Waals surface area contributed by atoms with E-state index in [0.29, 0.717) is 16.3 Å². The molecule has 0 spiro atoms. The molecule has 3 aliphatic heterocycles. The summed E-state index contributed by atoms with van der Waals surface area (Å²) >= 11 is 6.10. The van der Waals surface area contributed by atoms with Crippen LogP contribution in [-0.2, 0) is 33.4 Å². The summed E-state index contributed by atoms with van der Waals surface area (Å²) in [6.07, 6.45) is 1.68. The molecule has 30 heavy (non-hydrogen) atoms. The van der Waals surface area contributed by atoms with Crippen molar-refractivity contribution in [3.8, 4) is 0 Å². The van der Waals surface area contributed by atoms with Crippen LogP contribution in [0.25, 0.3) is 0 Å². The molecule has 1 aromatic carbocycles. The first kappa shape index (κ1) is 20.6. The van der Waals surface area contributed by atoms with E-state index in [1.54, 1.807) is 44.2 Å². The number of nitrogens with zero attached hydrogens (tertiary/aromatic N) is 1. The average molecular weight is 434 g/mol. The van der Waals surface area contributed by atoms with Crippen molar-refractivity contribution in [1.29, 1.82) is 0 Å². The number of benzene rings is 1. The van der Waals surface area contributed by atoms with Crippen molar-refractivity contribution >= 4 is 41.0 Å². The fraction of sp³-hybridized carbons (Fsp3) is 0.429. The minimum Gasteiger partial charge on any atom is -0.422 e. The number of anilines is 1. The third-order valence-corrected chi connectivity index (χ3v) is 6.04. The molecule has 2 saturated heterocycles. The van der Waals surface area contributed by atoms with E-state index in [2.05, 4.69) is 0 Å². The molecule has 1 aromatic rings. The highest BCUT2D eigenvalue weighted by Gasteiger charge is 2.76. The van der Waals surface area contributed by atoms with E-state index in [1.807, 2.05) is 0 Å². The van der Waals surface area contributed by atoms with Crippen molar-refractivity contribution < 1.29 is 33.4 Å². The molecule has 0 radical (unpaired) electrons. The molecular weight excluding hydrogens is 414 g/mol. The lowest BCUT2D eigenvalue weighted by molar-refractivity contribution is -0.231. The van der Waals surface area contributed by atoms with Crippen molar-refractivity contribution in [2.75, 3.05) is 4.90 Å². The molecule has 0 unspecified atom stereocenters. The van der Waals surface area contributed by atoms with Crippen LogP contribution in [0.4, 0.5) is 5.69 Å². The number of imide groups is 1. The van der Waals surface area contributed by atoms with Gasteiger partial charge in [-0.05, 0) is 37.6 Å². The van der Waals surface area contributed by atoms with Gasteiger partial charge in [0.15, 0.2) is 5.60 Å². The summed E-state index contributed by atoms with van der Waals surface area (Å²) in [6, 6.07) is 4.93. The highest BCUT2D eigenvalue weighted by Crippen LogP contribution is 2.59. The zero-order valence-electron chi connectivity index (χ0n) is 16.8. The molecule has 2 amide bonds. The quantitative estimate of drug-likeness (QED) is 0.311. The first-order valence-electron chi connectivity index (χ1n) is 9.39. The highest BCUT2D eigenvalue weighted by molar-refractivity contribution is 6.31. The van der Waals surface area contributed by atoms with Gasteiger partial charge in [-0.25, -0.2) is 4.90 Å². The maximum atomic E-state index is 13.5. The van der Waals surface area contributed by atoms with Gasteiger partial charge in [0.05, 0.1) is 23.1 Å². The van der Waals surface area contributed by atoms with Crippen LogP contribution in [0.5, 0.6) is 0 Å². The lowest BCUT2D eigenvalue weighted by Crippen LogP contribution is -2.52. The number of fused-ring (bicyclic) bond motifs is 5. The number of hydrogen-bond acceptors (Lipinski definition) is 7. The largest absolute Gasteiger partial charge is 0.422 e. The SMILES string of the molecule is CC(=O)OC(OC(C)=O)[C@@]12C=C[C@@](C)(O1)[C@@H]1C(=O)N(c3cc(Cl)ccc3C)C(=O)[C@H]12. The Morgan fingerprint density at radius 1 is 1.10 bits per heavy atom. The molecule has 2 bridgehead atoms. The van der Waals surface area contributed by atoms with E-state index in [1.165, 1.54) is 0 Å². The molecule has 2 fully saturated rings. The first-order valence-corrected chi connectivity index (χ1v) is 9.77. The summed E-state index contributed by atoms with van der Waals surface area (Å²) in [5.41, 5.74) is -1.67. The van der Waals surface area contributed by atoms with Gasteiger partial charge in [0.2, 0.25) is 11.8 Å². The molecule has 0 saturated carbocycles. The van der Waals surface area contributed by atoms with Crippen LogP contribution in [0, 0.1) is 18.8 Å². The minimum absolute atomic E-state index is 0.376. The number of aryl methyl sites for hydroxylation is 1. The molecule has 0 aromatic heterocycles. The molecular formula is C21H20ClNO7. The lowest BCUT2D eigenvalue weighted by atomic mass is 9.72. The van der Waals surface area contributed by atoms with E-state index in [9.17, 15) is 19.2 Å². The summed E-state index contributed by atoms with van der Waals surface area (Å²) in [5, 5.41) is 0.379. The number of amides is 2. The normalized spacial score (nSPS) is 31.5. The predicted octanol–water partition coefficient (Wildman–Crippen LogP) is 2.30. The molecule has 9 heteroatoms. The molecule has 158 valence electrons. The highest BCUT2D eigenvalue weighted by atomic mass is 35.5. The van der Waals surface area contributed by atoms with E-state index in [0.717, 1.165) is 18.7 Å². The van der Waals surface area contributed by atoms with Gasteiger partial charge in [-0.3, -0.25) is 19.2 Å². The van der Waals surface area contributed by atoms with Gasteiger partial charge in [-0.2, -0.15) is 0 Å². The van der Waals surface area contributed by atoms with Crippen molar-refractivity contribution in [1.82, 2.24) is 0 Å². The lowest BCUT2D eigenvalue weighted by Gasteiger charge is -2.34. The standard InChI is InChI=1S/C21H20ClNO7/c1-10-5-6-13(22)9-14(10)23-17(26)15-16(18(23)27)21(8-7-20(15,4)30-21)19(28-11(2)24)29-12(3)25/h5-9,15-16,19H,1-4H3/t15-,16-,20+,21-/m0/s1. The third kappa shape index (κ3) is 2.78. The number of carbonyl (C=O) groups is 4. The van der Waals surface area contributed by atoms with Crippen molar-refractivity contribution in [2.24, 2.45) is 11.8 Å². The van der Waals surface area contributed by atoms with Crippen LogP contribution in [0.2, 0.25) is 5.02 Å². The second-order valence-corrected chi connectivity index (χ2v) is 8.36. The molecule has 3 heterocycles. The summed E-state index contributed by atoms with van der Waals surface area (Å²) in [6.45, 7) is 5.75. The van der Waals surface area contributed by atoms with Crippen LogP contribution in [-0.4, -0.2) is 41.2 Å². The summed E-state index contributed by atoms with van der Waals surface area (Å²) in [5.74, 6) is -4.33. The Kier molecular flexibility index (Phi) is 4.56. The number of halogens is 1. The Labute approximate surface area is 177 Å². The van der Waals surface area contributed by atoms with Gasteiger partial charge < -0.3 is 14.2 Å². The van der Waals surface area contributed by atoms with Gasteiger partial charge in [-0.1, -0.05) is 23.7 Å². The second-order valence-electron chi connectivity index (χ2n) is 7.92. The summed E-state index contributed by atoms with van der Waals surface area (Å²) in [7, 11) is 0. The predicted molar refractivity (Wildman–Crippen MR) is 104 cm³/mol. The fourth-order valence-electron chi connectivity index (χ4n) is 4.62. The summed E-state index contributed by atoms with van der Waals surface area (Å²) in [4.78, 5) is 51.4. The van der Waals surface area contributed by atoms with Crippen LogP contribution in [0.3, 0.4) is 0 Å². The van der Waals surface area contributed by atoms with E-state index >= 15 is 0 Å². The minimum atomic E-state index is -1.61. The molecule has 4 rings (SSSR count). The Bertz CT molecular complexity index is 1000. The number of carbonyl (C=O) groups excluding carboxylic acids is 4. The molecule has 4 atom stereocenters. The van der Waals surface area contributed by atoms with E-state index < -0.39 is 53.1 Å². The van der Waals surface area contributed by atoms with Crippen molar-refractivity contribution in [3.63, 3.8) is 0 Å². The van der Waals surface area contributed by atoms with E-state index in [4.69, 9.17) is 25.8 Å². The number of esters is 2. The van der Waals surface area contributed by atoms with Crippen LogP contribution in [0.1, 0.15) is 26.3 Å². The van der Waals surface area contributed by atoms with Gasteiger partial charge in [-0.15, -0.1) is 0 Å². The van der Waals surface area contributed by atoms with Gasteiger partial charge in [0, 0.05) is 18.9 Å². The Morgan fingerprint density at radius 2 is 1.70 bits per heavy atom. The van der Waals surface area contributed by atoms with Gasteiger partial charge in [0.1, 0.15) is 0 Å². The zero-order chi connectivity index (χ0) is 22.0. The number of hydrogen-bond donors (Lipinski definition) is 0. The third-order valence-electron chi connectivity index (χ3n) is 5.81. The summed E-state index contributed by atoms with van der Waals surface area (Å²) < 4.78 is 16.5. The number of rotatable bonds is 4. The molecule has 0 aliphatic carbocycles. The molecule has 3 aliphatic rings. The maximum absolute atomic E-state index is 13.5.